The van der Waals surface area contributed by atoms with Crippen molar-refractivity contribution in [3.63, 3.8) is 0 Å². The predicted molar refractivity (Wildman–Crippen MR) is 107 cm³/mol. The Morgan fingerprint density at radius 3 is 2.52 bits per heavy atom. The molecular formula is C20H22ClF2N3O3. The van der Waals surface area contributed by atoms with Crippen LogP contribution in [0.1, 0.15) is 48.8 Å². The number of aromatic nitrogens is 1. The van der Waals surface area contributed by atoms with Gasteiger partial charge in [-0.25, -0.2) is 13.6 Å². The van der Waals surface area contributed by atoms with Gasteiger partial charge in [-0.05, 0) is 39.7 Å². The number of fused-ring (bicyclic) bond motifs is 1. The van der Waals surface area contributed by atoms with Gasteiger partial charge in [0.15, 0.2) is 11.6 Å². The Hall–Kier alpha value is -2.61. The normalized spacial score (nSPS) is 14.9. The number of aromatic amines is 1. The monoisotopic (exact) mass is 425 g/mol. The number of amides is 2. The average Bonchev–Trinajstić information content (AvgIpc) is 2.89. The fourth-order valence-corrected chi connectivity index (χ4v) is 3.64. The van der Waals surface area contributed by atoms with Crippen molar-refractivity contribution in [3.05, 3.63) is 39.6 Å². The highest BCUT2D eigenvalue weighted by Gasteiger charge is 2.31. The quantitative estimate of drug-likeness (QED) is 0.740. The van der Waals surface area contributed by atoms with Crippen LogP contribution in [-0.2, 0) is 4.74 Å². The standard InChI is InChI=1S/C20H22ClF2N3O3/c1-9-14(21)12-11(15(22)16(23)13(18(24)27)17(12)25-9)10-6-5-7-26(8-10)19(28)29-20(2,3)4/h6,25H,5,7-8H2,1-4H3,(H2,24,27). The Labute approximate surface area is 171 Å². The van der Waals surface area contributed by atoms with E-state index in [1.165, 1.54) is 4.90 Å². The van der Waals surface area contributed by atoms with Gasteiger partial charge in [-0.2, -0.15) is 0 Å². The smallest absolute Gasteiger partial charge is 0.410 e. The Morgan fingerprint density at radius 1 is 1.28 bits per heavy atom. The molecule has 0 unspecified atom stereocenters. The number of hydrogen-bond donors (Lipinski definition) is 2. The number of nitrogens with one attached hydrogen (secondary N) is 1. The number of benzene rings is 1. The number of nitrogens with zero attached hydrogens (tertiary/aromatic N) is 1. The third-order valence-corrected chi connectivity index (χ3v) is 5.09. The van der Waals surface area contributed by atoms with Gasteiger partial charge in [0.1, 0.15) is 11.2 Å². The zero-order valence-corrected chi connectivity index (χ0v) is 17.3. The fourth-order valence-electron chi connectivity index (χ4n) is 3.40. The molecule has 0 radical (unpaired) electrons. The maximum atomic E-state index is 15.1. The lowest BCUT2D eigenvalue weighted by Gasteiger charge is -2.30. The van der Waals surface area contributed by atoms with Gasteiger partial charge >= 0.3 is 6.09 Å². The molecule has 0 fully saturated rings. The van der Waals surface area contributed by atoms with E-state index in [9.17, 15) is 14.0 Å². The summed E-state index contributed by atoms with van der Waals surface area (Å²) in [6.07, 6.45) is 1.60. The SMILES string of the molecule is Cc1[nH]c2c(C(N)=O)c(F)c(F)c(C3=CCCN(C(=O)OC(C)(C)C)C3)c2c1Cl. The number of nitrogens with two attached hydrogens (primary N) is 1. The molecule has 0 aliphatic carbocycles. The molecular weight excluding hydrogens is 404 g/mol. The third-order valence-electron chi connectivity index (χ3n) is 4.61. The van der Waals surface area contributed by atoms with Gasteiger partial charge in [0, 0.05) is 29.7 Å². The number of rotatable bonds is 2. The zero-order valence-electron chi connectivity index (χ0n) is 16.6. The summed E-state index contributed by atoms with van der Waals surface area (Å²) in [6.45, 7) is 7.25. The van der Waals surface area contributed by atoms with Crippen LogP contribution < -0.4 is 5.73 Å². The van der Waals surface area contributed by atoms with E-state index in [0.717, 1.165) is 0 Å². The maximum absolute atomic E-state index is 15.1. The van der Waals surface area contributed by atoms with Crippen LogP contribution in [0.15, 0.2) is 6.08 Å². The first-order chi connectivity index (χ1) is 13.4. The summed E-state index contributed by atoms with van der Waals surface area (Å²) in [7, 11) is 0. The summed E-state index contributed by atoms with van der Waals surface area (Å²) < 4.78 is 35.2. The second-order valence-corrected chi connectivity index (χ2v) is 8.35. The van der Waals surface area contributed by atoms with E-state index in [4.69, 9.17) is 22.1 Å². The van der Waals surface area contributed by atoms with Crippen molar-refractivity contribution in [2.75, 3.05) is 13.1 Å². The van der Waals surface area contributed by atoms with Crippen LogP contribution in [0.25, 0.3) is 16.5 Å². The van der Waals surface area contributed by atoms with E-state index in [0.29, 0.717) is 24.2 Å². The van der Waals surface area contributed by atoms with Crippen LogP contribution in [-0.4, -0.2) is 40.6 Å². The van der Waals surface area contributed by atoms with Crippen LogP contribution in [0.2, 0.25) is 5.02 Å². The van der Waals surface area contributed by atoms with E-state index < -0.39 is 34.8 Å². The molecule has 0 saturated heterocycles. The van der Waals surface area contributed by atoms with E-state index in [1.807, 2.05) is 0 Å². The molecule has 9 heteroatoms. The minimum Gasteiger partial charge on any atom is -0.444 e. The molecule has 156 valence electrons. The van der Waals surface area contributed by atoms with Crippen molar-refractivity contribution in [2.45, 2.75) is 39.7 Å². The molecule has 29 heavy (non-hydrogen) atoms. The molecule has 0 atom stereocenters. The van der Waals surface area contributed by atoms with Gasteiger partial charge in [0.05, 0.1) is 10.5 Å². The van der Waals surface area contributed by atoms with Gasteiger partial charge < -0.3 is 20.4 Å². The fraction of sp³-hybridized carbons (Fsp3) is 0.400. The number of carbonyl (C=O) groups is 2. The van der Waals surface area contributed by atoms with E-state index in [-0.39, 0.29) is 28.0 Å². The van der Waals surface area contributed by atoms with Gasteiger partial charge in [-0.3, -0.25) is 4.79 Å². The summed E-state index contributed by atoms with van der Waals surface area (Å²) in [5.41, 5.74) is 4.75. The third kappa shape index (κ3) is 3.81. The van der Waals surface area contributed by atoms with Gasteiger partial charge in [-0.1, -0.05) is 17.7 Å². The topological polar surface area (TPSA) is 88.4 Å². The number of halogens is 3. The molecule has 1 aliphatic rings. The van der Waals surface area contributed by atoms with Crippen molar-refractivity contribution in [2.24, 2.45) is 5.73 Å². The number of carbonyl (C=O) groups excluding carboxylic acids is 2. The number of H-pyrrole nitrogens is 1. The molecule has 1 aliphatic heterocycles. The molecule has 6 nitrogen and oxygen atoms in total. The molecule has 3 N–H and O–H groups in total. The summed E-state index contributed by atoms with van der Waals surface area (Å²) in [5.74, 6) is -3.69. The maximum Gasteiger partial charge on any atom is 0.410 e. The summed E-state index contributed by atoms with van der Waals surface area (Å²) in [5, 5.41) is 0.320. The highest BCUT2D eigenvalue weighted by Crippen LogP contribution is 2.39. The van der Waals surface area contributed by atoms with Crippen molar-refractivity contribution < 1.29 is 23.1 Å². The molecule has 2 amide bonds. The molecule has 2 aromatic rings. The predicted octanol–water partition coefficient (Wildman–Crippen LogP) is 4.53. The van der Waals surface area contributed by atoms with Crippen LogP contribution in [0.3, 0.4) is 0 Å². The minimum atomic E-state index is -1.35. The minimum absolute atomic E-state index is 0.0108. The largest absolute Gasteiger partial charge is 0.444 e. The summed E-state index contributed by atoms with van der Waals surface area (Å²) >= 11 is 6.35. The highest BCUT2D eigenvalue weighted by atomic mass is 35.5. The van der Waals surface area contributed by atoms with Crippen molar-refractivity contribution in [1.29, 1.82) is 0 Å². The van der Waals surface area contributed by atoms with E-state index in [2.05, 4.69) is 4.98 Å². The number of ether oxygens (including phenoxy) is 1. The second kappa shape index (κ2) is 7.33. The lowest BCUT2D eigenvalue weighted by atomic mass is 9.94. The van der Waals surface area contributed by atoms with Crippen LogP contribution >= 0.6 is 11.6 Å². The molecule has 0 saturated carbocycles. The second-order valence-electron chi connectivity index (χ2n) is 7.98. The van der Waals surface area contributed by atoms with E-state index >= 15 is 4.39 Å². The Bertz CT molecular complexity index is 1050. The molecule has 3 rings (SSSR count). The lowest BCUT2D eigenvalue weighted by molar-refractivity contribution is 0.0273. The highest BCUT2D eigenvalue weighted by molar-refractivity contribution is 6.37. The zero-order chi connectivity index (χ0) is 21.7. The van der Waals surface area contributed by atoms with Gasteiger partial charge in [0.2, 0.25) is 0 Å². The van der Waals surface area contributed by atoms with Crippen LogP contribution in [0, 0.1) is 18.6 Å². The summed E-state index contributed by atoms with van der Waals surface area (Å²) in [6, 6.07) is 0. The van der Waals surface area contributed by atoms with Crippen molar-refractivity contribution in [1.82, 2.24) is 9.88 Å². The first-order valence-corrected chi connectivity index (χ1v) is 9.46. The number of hydrogen-bond acceptors (Lipinski definition) is 3. The Morgan fingerprint density at radius 2 is 1.93 bits per heavy atom. The first-order valence-electron chi connectivity index (χ1n) is 9.08. The molecule has 0 spiro atoms. The van der Waals surface area contributed by atoms with Crippen molar-refractivity contribution in [3.8, 4) is 0 Å². The number of primary amides is 1. The van der Waals surface area contributed by atoms with Crippen LogP contribution in [0.5, 0.6) is 0 Å². The molecule has 1 aromatic carbocycles. The summed E-state index contributed by atoms with van der Waals surface area (Å²) in [4.78, 5) is 28.4. The number of aryl methyl sites for hydroxylation is 1. The van der Waals surface area contributed by atoms with Gasteiger partial charge in [0.25, 0.3) is 5.91 Å². The van der Waals surface area contributed by atoms with Crippen LogP contribution in [0.4, 0.5) is 13.6 Å². The Kier molecular flexibility index (Phi) is 5.34. The Balaban J connectivity index is 2.14. The average molecular weight is 426 g/mol. The molecule has 2 heterocycles. The molecule has 0 bridgehead atoms. The lowest BCUT2D eigenvalue weighted by Crippen LogP contribution is -2.39. The van der Waals surface area contributed by atoms with Crippen molar-refractivity contribution >= 4 is 40.1 Å². The van der Waals surface area contributed by atoms with Gasteiger partial charge in [-0.15, -0.1) is 0 Å². The van der Waals surface area contributed by atoms with E-state index in [1.54, 1.807) is 33.8 Å². The molecule has 1 aromatic heterocycles. The first kappa shape index (κ1) is 21.1.